The van der Waals surface area contributed by atoms with Gasteiger partial charge in [-0.25, -0.2) is 0 Å². The van der Waals surface area contributed by atoms with Gasteiger partial charge in [0.25, 0.3) is 0 Å². The third-order valence-corrected chi connectivity index (χ3v) is 1.57. The van der Waals surface area contributed by atoms with Crippen molar-refractivity contribution in [3.8, 4) is 0 Å². The van der Waals surface area contributed by atoms with Crippen LogP contribution in [0.25, 0.3) is 6.08 Å². The summed E-state index contributed by atoms with van der Waals surface area (Å²) in [5.41, 5.74) is 0. The van der Waals surface area contributed by atoms with Crippen molar-refractivity contribution in [3.63, 3.8) is 0 Å². The van der Waals surface area contributed by atoms with Crippen LogP contribution < -0.4 is 0 Å². The summed E-state index contributed by atoms with van der Waals surface area (Å²) in [6, 6.07) is 3.82. The van der Waals surface area contributed by atoms with E-state index in [9.17, 15) is 0 Å². The zero-order chi connectivity index (χ0) is 8.81. The minimum atomic E-state index is 0.523. The van der Waals surface area contributed by atoms with Crippen molar-refractivity contribution in [3.05, 3.63) is 29.7 Å². The van der Waals surface area contributed by atoms with Crippen molar-refractivity contribution in [1.29, 1.82) is 0 Å². The normalized spacial score (nSPS) is 11.2. The fourth-order valence-corrected chi connectivity index (χ4v) is 0.978. The first-order valence-electron chi connectivity index (χ1n) is 3.72. The molecule has 1 rings (SSSR count). The Morgan fingerprint density at radius 3 is 3.08 bits per heavy atom. The van der Waals surface area contributed by atoms with Gasteiger partial charge < -0.3 is 9.15 Å². The summed E-state index contributed by atoms with van der Waals surface area (Å²) in [4.78, 5) is 0. The van der Waals surface area contributed by atoms with E-state index in [4.69, 9.17) is 9.15 Å². The van der Waals surface area contributed by atoms with Gasteiger partial charge in [-0.15, -0.1) is 0 Å². The van der Waals surface area contributed by atoms with Crippen LogP contribution in [0.2, 0.25) is 0 Å². The molecule has 0 radical (unpaired) electrons. The van der Waals surface area contributed by atoms with Crippen LogP contribution in [0.3, 0.4) is 0 Å². The molecule has 0 atom stereocenters. The largest absolute Gasteiger partial charge is 0.459 e. The summed E-state index contributed by atoms with van der Waals surface area (Å²) in [5, 5.41) is 0. The minimum absolute atomic E-state index is 0.523. The summed E-state index contributed by atoms with van der Waals surface area (Å²) < 4.78 is 10.3. The number of methoxy groups -OCH3 is 1. The molecule has 66 valence electrons. The van der Waals surface area contributed by atoms with E-state index in [0.717, 1.165) is 17.3 Å². The van der Waals surface area contributed by atoms with Crippen LogP contribution in [0.1, 0.15) is 11.5 Å². The molecule has 1 aromatic heterocycles. The Morgan fingerprint density at radius 1 is 1.58 bits per heavy atom. The predicted octanol–water partition coefficient (Wildman–Crippen LogP) is 2.37. The minimum Gasteiger partial charge on any atom is -0.459 e. The molecule has 0 unspecified atom stereocenters. The molecular formula is C9H12O2S. The van der Waals surface area contributed by atoms with Crippen molar-refractivity contribution in [1.82, 2.24) is 0 Å². The van der Waals surface area contributed by atoms with E-state index in [1.165, 1.54) is 0 Å². The molecule has 0 aromatic carbocycles. The smallest absolute Gasteiger partial charge is 0.130 e. The molecule has 0 fully saturated rings. The molecule has 0 saturated heterocycles. The molecule has 0 aliphatic heterocycles. The second-order valence-electron chi connectivity index (χ2n) is 2.32. The number of rotatable bonds is 4. The zero-order valence-corrected chi connectivity index (χ0v) is 7.88. The van der Waals surface area contributed by atoms with Gasteiger partial charge in [-0.2, -0.15) is 12.6 Å². The SMILES string of the molecule is COCc1ccc(C=CCS)o1. The lowest BCUT2D eigenvalue weighted by Crippen LogP contribution is -1.81. The van der Waals surface area contributed by atoms with Crippen LogP contribution in [-0.4, -0.2) is 12.9 Å². The van der Waals surface area contributed by atoms with E-state index >= 15 is 0 Å². The van der Waals surface area contributed by atoms with Crippen molar-refractivity contribution < 1.29 is 9.15 Å². The van der Waals surface area contributed by atoms with Gasteiger partial charge in [-0.05, 0) is 18.2 Å². The van der Waals surface area contributed by atoms with E-state index in [2.05, 4.69) is 12.6 Å². The maximum atomic E-state index is 5.38. The Bertz CT molecular complexity index is 253. The van der Waals surface area contributed by atoms with E-state index in [1.807, 2.05) is 24.3 Å². The van der Waals surface area contributed by atoms with Gasteiger partial charge in [-0.1, -0.05) is 6.08 Å². The monoisotopic (exact) mass is 184 g/mol. The van der Waals surface area contributed by atoms with Crippen LogP contribution in [0.4, 0.5) is 0 Å². The van der Waals surface area contributed by atoms with Crippen molar-refractivity contribution in [2.24, 2.45) is 0 Å². The highest BCUT2D eigenvalue weighted by Crippen LogP contribution is 2.10. The van der Waals surface area contributed by atoms with Crippen molar-refractivity contribution >= 4 is 18.7 Å². The van der Waals surface area contributed by atoms with Gasteiger partial charge in [0.2, 0.25) is 0 Å². The number of thiol groups is 1. The van der Waals surface area contributed by atoms with Gasteiger partial charge >= 0.3 is 0 Å². The van der Waals surface area contributed by atoms with Gasteiger partial charge in [0.15, 0.2) is 0 Å². The highest BCUT2D eigenvalue weighted by molar-refractivity contribution is 7.80. The molecule has 0 aliphatic carbocycles. The van der Waals surface area contributed by atoms with Crippen LogP contribution in [0, 0.1) is 0 Å². The maximum absolute atomic E-state index is 5.38. The summed E-state index contributed by atoms with van der Waals surface area (Å²) in [5.74, 6) is 2.41. The fraction of sp³-hybridized carbons (Fsp3) is 0.333. The van der Waals surface area contributed by atoms with Gasteiger partial charge in [0, 0.05) is 12.9 Å². The summed E-state index contributed by atoms with van der Waals surface area (Å²) >= 11 is 4.05. The van der Waals surface area contributed by atoms with Crippen molar-refractivity contribution in [2.75, 3.05) is 12.9 Å². The first-order valence-corrected chi connectivity index (χ1v) is 4.35. The molecular weight excluding hydrogens is 172 g/mol. The molecule has 2 nitrogen and oxygen atoms in total. The predicted molar refractivity (Wildman–Crippen MR) is 52.3 cm³/mol. The van der Waals surface area contributed by atoms with Crippen LogP contribution >= 0.6 is 12.6 Å². The lowest BCUT2D eigenvalue weighted by molar-refractivity contribution is 0.164. The Hall–Kier alpha value is -0.670. The van der Waals surface area contributed by atoms with E-state index in [-0.39, 0.29) is 0 Å². The van der Waals surface area contributed by atoms with Crippen LogP contribution in [0.15, 0.2) is 22.6 Å². The van der Waals surface area contributed by atoms with Crippen molar-refractivity contribution in [2.45, 2.75) is 6.61 Å². The number of ether oxygens (including phenoxy) is 1. The third kappa shape index (κ3) is 2.75. The molecule has 3 heteroatoms. The summed E-state index contributed by atoms with van der Waals surface area (Å²) in [6.45, 7) is 0.523. The number of hydrogen-bond acceptors (Lipinski definition) is 3. The van der Waals surface area contributed by atoms with Crippen LogP contribution in [-0.2, 0) is 11.3 Å². The zero-order valence-electron chi connectivity index (χ0n) is 6.99. The molecule has 12 heavy (non-hydrogen) atoms. The average molecular weight is 184 g/mol. The highest BCUT2D eigenvalue weighted by atomic mass is 32.1. The second kappa shape index (κ2) is 5.06. The molecule has 1 heterocycles. The van der Waals surface area contributed by atoms with Crippen LogP contribution in [0.5, 0.6) is 0 Å². The molecule has 0 saturated carbocycles. The first kappa shape index (κ1) is 9.42. The maximum Gasteiger partial charge on any atom is 0.130 e. The lowest BCUT2D eigenvalue weighted by atomic mass is 10.4. The first-order chi connectivity index (χ1) is 5.86. The number of furan rings is 1. The lowest BCUT2D eigenvalue weighted by Gasteiger charge is -1.91. The molecule has 1 aromatic rings. The molecule has 0 spiro atoms. The van der Waals surface area contributed by atoms with E-state index in [0.29, 0.717) is 6.61 Å². The van der Waals surface area contributed by atoms with Gasteiger partial charge in [0.1, 0.15) is 18.1 Å². The topological polar surface area (TPSA) is 22.4 Å². The second-order valence-corrected chi connectivity index (χ2v) is 2.69. The van der Waals surface area contributed by atoms with Gasteiger partial charge in [0.05, 0.1) is 0 Å². The van der Waals surface area contributed by atoms with E-state index in [1.54, 1.807) is 7.11 Å². The number of hydrogen-bond donors (Lipinski definition) is 1. The standard InChI is InChI=1S/C9H12O2S/c1-10-7-9-5-4-8(11-9)3-2-6-12/h2-5,12H,6-7H2,1H3. The summed E-state index contributed by atoms with van der Waals surface area (Å²) in [7, 11) is 1.64. The highest BCUT2D eigenvalue weighted by Gasteiger charge is 1.96. The van der Waals surface area contributed by atoms with E-state index < -0.39 is 0 Å². The van der Waals surface area contributed by atoms with Gasteiger partial charge in [-0.3, -0.25) is 0 Å². The average Bonchev–Trinajstić information content (AvgIpc) is 2.50. The molecule has 0 bridgehead atoms. The Morgan fingerprint density at radius 2 is 2.42 bits per heavy atom. The third-order valence-electron chi connectivity index (χ3n) is 1.36. The molecule has 0 N–H and O–H groups in total. The molecule has 0 amide bonds. The molecule has 0 aliphatic rings. The Balaban J connectivity index is 2.57. The quantitative estimate of drug-likeness (QED) is 0.726. The summed E-state index contributed by atoms with van der Waals surface area (Å²) in [6.07, 6.45) is 3.82. The fourth-order valence-electron chi connectivity index (χ4n) is 0.873. The Labute approximate surface area is 77.6 Å². The Kier molecular flexibility index (Phi) is 3.97.